The van der Waals surface area contributed by atoms with Crippen molar-refractivity contribution >= 4 is 51.8 Å². The first-order valence-corrected chi connectivity index (χ1v) is 14.5. The number of aromatic nitrogens is 1. The number of ketones is 1. The molecular formula is C34H27ClN2O5. The summed E-state index contributed by atoms with van der Waals surface area (Å²) < 4.78 is 5.44. The van der Waals surface area contributed by atoms with Crippen molar-refractivity contribution in [2.45, 2.75) is 26.2 Å². The van der Waals surface area contributed by atoms with E-state index in [0.29, 0.717) is 50.3 Å². The van der Waals surface area contributed by atoms with Crippen molar-refractivity contribution in [1.82, 2.24) is 4.98 Å². The van der Waals surface area contributed by atoms with Crippen LogP contribution in [0.2, 0.25) is 5.02 Å². The molecular weight excluding hydrogens is 552 g/mol. The molecule has 4 unspecified atom stereocenters. The first-order chi connectivity index (χ1) is 20.3. The molecule has 3 aliphatic rings. The van der Waals surface area contributed by atoms with Gasteiger partial charge in [0.15, 0.2) is 12.4 Å². The van der Waals surface area contributed by atoms with Gasteiger partial charge in [-0.15, -0.1) is 0 Å². The second kappa shape index (κ2) is 10.2. The predicted octanol–water partition coefficient (Wildman–Crippen LogP) is 6.44. The van der Waals surface area contributed by atoms with Crippen LogP contribution in [-0.4, -0.2) is 35.2 Å². The van der Waals surface area contributed by atoms with Gasteiger partial charge >= 0.3 is 5.97 Å². The molecule has 0 radical (unpaired) electrons. The van der Waals surface area contributed by atoms with Crippen LogP contribution in [0, 0.1) is 30.6 Å². The van der Waals surface area contributed by atoms with E-state index in [1.165, 1.54) is 4.90 Å². The molecule has 2 aliphatic carbocycles. The van der Waals surface area contributed by atoms with Crippen molar-refractivity contribution in [2.24, 2.45) is 23.7 Å². The van der Waals surface area contributed by atoms with Crippen LogP contribution in [0.15, 0.2) is 72.8 Å². The van der Waals surface area contributed by atoms with E-state index in [-0.39, 0.29) is 35.0 Å². The molecule has 2 amide bonds. The van der Waals surface area contributed by atoms with Gasteiger partial charge in [-0.3, -0.25) is 19.3 Å². The lowest BCUT2D eigenvalue weighted by molar-refractivity contribution is -0.123. The summed E-state index contributed by atoms with van der Waals surface area (Å²) >= 11 is 6.24. The van der Waals surface area contributed by atoms with E-state index in [1.54, 1.807) is 60.7 Å². The van der Waals surface area contributed by atoms with Gasteiger partial charge in [0.05, 0.1) is 34.3 Å². The summed E-state index contributed by atoms with van der Waals surface area (Å²) in [5.74, 6) is -0.876. The standard InChI is InChI=1S/C34H27ClN2O5/c1-18-2-4-20(5-3-18)29(38)17-42-34(41)26-16-28(36-27-13-10-23(35)15-25(26)27)19-8-11-24(12-9-19)37-32(39)30-21-6-7-22(14-21)31(30)33(37)40/h2-5,8-13,15-16,21-22,30-31H,6-7,14,17H2,1H3. The quantitative estimate of drug-likeness (QED) is 0.148. The Kier molecular flexibility index (Phi) is 6.43. The normalized spacial score (nSPS) is 22.6. The molecule has 42 heavy (non-hydrogen) atoms. The van der Waals surface area contributed by atoms with Gasteiger partial charge in [-0.05, 0) is 74.4 Å². The van der Waals surface area contributed by atoms with Gasteiger partial charge in [-0.2, -0.15) is 0 Å². The van der Waals surface area contributed by atoms with Crippen molar-refractivity contribution < 1.29 is 23.9 Å². The van der Waals surface area contributed by atoms with E-state index in [1.807, 2.05) is 19.1 Å². The monoisotopic (exact) mass is 578 g/mol. The number of pyridine rings is 1. The van der Waals surface area contributed by atoms with Crippen LogP contribution in [0.3, 0.4) is 0 Å². The number of benzene rings is 3. The smallest absolute Gasteiger partial charge is 0.339 e. The number of imide groups is 1. The second-order valence-electron chi connectivity index (χ2n) is 11.5. The Morgan fingerprint density at radius 2 is 1.57 bits per heavy atom. The van der Waals surface area contributed by atoms with E-state index in [2.05, 4.69) is 0 Å². The number of hydrogen-bond acceptors (Lipinski definition) is 6. The Bertz CT molecular complexity index is 1750. The van der Waals surface area contributed by atoms with Crippen LogP contribution in [-0.2, 0) is 14.3 Å². The Balaban J connectivity index is 1.16. The second-order valence-corrected chi connectivity index (χ2v) is 12.0. The van der Waals surface area contributed by atoms with Gasteiger partial charge in [0, 0.05) is 21.5 Å². The number of anilines is 1. The number of rotatable bonds is 6. The zero-order chi connectivity index (χ0) is 29.1. The molecule has 2 bridgehead atoms. The highest BCUT2D eigenvalue weighted by Crippen LogP contribution is 2.56. The summed E-state index contributed by atoms with van der Waals surface area (Å²) in [5, 5.41) is 0.939. The van der Waals surface area contributed by atoms with E-state index < -0.39 is 12.6 Å². The molecule has 3 aromatic carbocycles. The van der Waals surface area contributed by atoms with E-state index in [0.717, 1.165) is 24.8 Å². The van der Waals surface area contributed by atoms with Crippen molar-refractivity contribution in [2.75, 3.05) is 11.5 Å². The van der Waals surface area contributed by atoms with Crippen molar-refractivity contribution in [3.63, 3.8) is 0 Å². The zero-order valence-electron chi connectivity index (χ0n) is 22.9. The highest BCUT2D eigenvalue weighted by Gasteiger charge is 2.61. The minimum atomic E-state index is -0.669. The number of amides is 2. The lowest BCUT2D eigenvalue weighted by Gasteiger charge is -2.19. The molecule has 0 N–H and O–H groups in total. The maximum absolute atomic E-state index is 13.3. The molecule has 1 saturated heterocycles. The van der Waals surface area contributed by atoms with E-state index in [4.69, 9.17) is 21.3 Å². The first kappa shape index (κ1) is 26.5. The third kappa shape index (κ3) is 4.40. The molecule has 0 spiro atoms. The number of halogens is 1. The van der Waals surface area contributed by atoms with Gasteiger partial charge in [-0.1, -0.05) is 53.6 Å². The maximum atomic E-state index is 13.3. The summed E-state index contributed by atoms with van der Waals surface area (Å²) in [7, 11) is 0. The molecule has 3 fully saturated rings. The summed E-state index contributed by atoms with van der Waals surface area (Å²) in [6.07, 6.45) is 3.05. The third-order valence-corrected chi connectivity index (χ3v) is 9.28. The Labute approximate surface area is 247 Å². The lowest BCUT2D eigenvalue weighted by atomic mass is 9.81. The number of aryl methyl sites for hydroxylation is 1. The topological polar surface area (TPSA) is 93.6 Å². The van der Waals surface area contributed by atoms with Crippen LogP contribution in [0.5, 0.6) is 0 Å². The minimum Gasteiger partial charge on any atom is -0.454 e. The van der Waals surface area contributed by atoms with Gasteiger partial charge in [0.2, 0.25) is 11.8 Å². The summed E-state index contributed by atoms with van der Waals surface area (Å²) in [5.41, 5.74) is 3.99. The largest absolute Gasteiger partial charge is 0.454 e. The Morgan fingerprint density at radius 1 is 0.905 bits per heavy atom. The number of fused-ring (bicyclic) bond motifs is 6. The molecule has 7 rings (SSSR count). The molecule has 1 aliphatic heterocycles. The van der Waals surface area contributed by atoms with Gasteiger partial charge < -0.3 is 4.74 Å². The predicted molar refractivity (Wildman–Crippen MR) is 158 cm³/mol. The molecule has 4 atom stereocenters. The first-order valence-electron chi connectivity index (χ1n) is 14.1. The van der Waals surface area contributed by atoms with Gasteiger partial charge in [0.25, 0.3) is 0 Å². The van der Waals surface area contributed by atoms with Gasteiger partial charge in [0.1, 0.15) is 0 Å². The van der Waals surface area contributed by atoms with Crippen LogP contribution < -0.4 is 4.90 Å². The number of esters is 1. The molecule has 2 heterocycles. The number of Topliss-reactive ketones (excluding diaryl/α,β-unsaturated/α-hetero) is 1. The SMILES string of the molecule is Cc1ccc(C(=O)COC(=O)c2cc(-c3ccc(N4C(=O)C5C6CCC(C6)C5C4=O)cc3)nc3ccc(Cl)cc23)cc1. The molecule has 1 aromatic heterocycles. The van der Waals surface area contributed by atoms with Crippen molar-refractivity contribution in [3.8, 4) is 11.3 Å². The van der Waals surface area contributed by atoms with Crippen LogP contribution in [0.25, 0.3) is 22.2 Å². The fourth-order valence-corrected chi connectivity index (χ4v) is 7.16. The summed E-state index contributed by atoms with van der Waals surface area (Å²) in [6, 6.07) is 20.8. The number of hydrogen-bond donors (Lipinski definition) is 0. The third-order valence-electron chi connectivity index (χ3n) is 9.05. The summed E-state index contributed by atoms with van der Waals surface area (Å²) in [4.78, 5) is 58.5. The van der Waals surface area contributed by atoms with Crippen LogP contribution >= 0.6 is 11.6 Å². The number of ether oxygens (including phenoxy) is 1. The fourth-order valence-electron chi connectivity index (χ4n) is 6.99. The highest BCUT2D eigenvalue weighted by atomic mass is 35.5. The molecule has 210 valence electrons. The maximum Gasteiger partial charge on any atom is 0.339 e. The van der Waals surface area contributed by atoms with Crippen LogP contribution in [0.4, 0.5) is 5.69 Å². The van der Waals surface area contributed by atoms with Crippen molar-refractivity contribution in [1.29, 1.82) is 0 Å². The number of nitrogens with zero attached hydrogens (tertiary/aromatic N) is 2. The molecule has 4 aromatic rings. The Hall–Kier alpha value is -4.36. The highest BCUT2D eigenvalue weighted by molar-refractivity contribution is 6.31. The molecule has 2 saturated carbocycles. The van der Waals surface area contributed by atoms with Crippen molar-refractivity contribution in [3.05, 3.63) is 94.5 Å². The van der Waals surface area contributed by atoms with Gasteiger partial charge in [-0.25, -0.2) is 9.78 Å². The Morgan fingerprint density at radius 3 is 2.24 bits per heavy atom. The fraction of sp³-hybridized carbons (Fsp3) is 0.265. The van der Waals surface area contributed by atoms with E-state index >= 15 is 0 Å². The average molecular weight is 579 g/mol. The van der Waals surface area contributed by atoms with E-state index in [9.17, 15) is 19.2 Å². The molecule has 8 heteroatoms. The molecule has 7 nitrogen and oxygen atoms in total. The minimum absolute atomic E-state index is 0.0872. The van der Waals surface area contributed by atoms with Crippen LogP contribution in [0.1, 0.15) is 45.5 Å². The zero-order valence-corrected chi connectivity index (χ0v) is 23.6. The number of carbonyl (C=O) groups is 4. The lowest BCUT2D eigenvalue weighted by Crippen LogP contribution is -2.32. The number of carbonyl (C=O) groups excluding carboxylic acids is 4. The summed E-state index contributed by atoms with van der Waals surface area (Å²) in [6.45, 7) is 1.52. The average Bonchev–Trinajstić information content (AvgIpc) is 3.69.